The molecule has 3 amide bonds. The lowest BCUT2D eigenvalue weighted by atomic mass is 10.4. The Morgan fingerprint density at radius 2 is 1.95 bits per heavy atom. The van der Waals surface area contributed by atoms with E-state index in [2.05, 4.69) is 15.0 Å². The van der Waals surface area contributed by atoms with E-state index in [1.54, 1.807) is 6.92 Å². The molecule has 1 fully saturated rings. The number of aryl methyl sites for hydroxylation is 1. The number of methoxy groups -OCH3 is 1. The summed E-state index contributed by atoms with van der Waals surface area (Å²) in [6.07, 6.45) is 0.268. The topological polar surface area (TPSA) is 106 Å². The zero-order valence-electron chi connectivity index (χ0n) is 11.5. The molecule has 0 unspecified atom stereocenters. The maximum absolute atomic E-state index is 11.8. The minimum absolute atomic E-state index is 0.134. The Bertz CT molecular complexity index is 608. The summed E-state index contributed by atoms with van der Waals surface area (Å²) >= 11 is 0.974. The largest absolute Gasteiger partial charge is 0.465 e. The number of likely N-dealkylation sites (tertiary alicyclic amines) is 1. The van der Waals surface area contributed by atoms with Gasteiger partial charge in [-0.1, -0.05) is 11.3 Å². The number of aromatic nitrogens is 1. The first-order valence-corrected chi connectivity index (χ1v) is 6.92. The highest BCUT2D eigenvalue weighted by molar-refractivity contribution is 7.17. The highest BCUT2D eigenvalue weighted by Crippen LogP contribution is 2.23. The molecule has 1 aromatic heterocycles. The number of ether oxygens (including phenoxy) is 1. The van der Waals surface area contributed by atoms with Gasteiger partial charge in [0.25, 0.3) is 0 Å². The lowest BCUT2D eigenvalue weighted by molar-refractivity contribution is -0.141. The molecule has 2 heterocycles. The van der Waals surface area contributed by atoms with Crippen LogP contribution in [0, 0.1) is 6.92 Å². The van der Waals surface area contributed by atoms with Crippen LogP contribution >= 0.6 is 11.3 Å². The third kappa shape index (κ3) is 3.24. The summed E-state index contributed by atoms with van der Waals surface area (Å²) in [7, 11) is 1.25. The Morgan fingerprint density at radius 1 is 1.33 bits per heavy atom. The maximum Gasteiger partial charge on any atom is 0.350 e. The van der Waals surface area contributed by atoms with Crippen LogP contribution in [0.5, 0.6) is 0 Å². The van der Waals surface area contributed by atoms with Gasteiger partial charge in [-0.3, -0.25) is 19.3 Å². The van der Waals surface area contributed by atoms with Gasteiger partial charge in [-0.15, -0.1) is 0 Å². The highest BCUT2D eigenvalue weighted by Gasteiger charge is 2.30. The fraction of sp³-hybridized carbons (Fsp3) is 0.417. The van der Waals surface area contributed by atoms with Gasteiger partial charge in [0.1, 0.15) is 11.4 Å². The number of imide groups is 1. The third-order valence-electron chi connectivity index (χ3n) is 2.87. The van der Waals surface area contributed by atoms with Crippen LogP contribution in [0.25, 0.3) is 0 Å². The molecule has 1 aliphatic rings. The summed E-state index contributed by atoms with van der Waals surface area (Å²) in [5, 5.41) is 2.68. The summed E-state index contributed by atoms with van der Waals surface area (Å²) in [5.41, 5.74) is 0.440. The molecule has 0 aromatic carbocycles. The van der Waals surface area contributed by atoms with Gasteiger partial charge in [0.2, 0.25) is 17.7 Å². The SMILES string of the molecule is COC(=O)c1sc(NC(=O)CN2C(=O)CCC2=O)nc1C. The number of nitrogens with zero attached hydrogens (tertiary/aromatic N) is 2. The van der Waals surface area contributed by atoms with Crippen molar-refractivity contribution in [3.05, 3.63) is 10.6 Å². The number of hydrogen-bond donors (Lipinski definition) is 1. The van der Waals surface area contributed by atoms with E-state index in [1.807, 2.05) is 0 Å². The lowest BCUT2D eigenvalue weighted by Crippen LogP contribution is -2.36. The second-order valence-corrected chi connectivity index (χ2v) is 5.35. The smallest absolute Gasteiger partial charge is 0.350 e. The van der Waals surface area contributed by atoms with Crippen molar-refractivity contribution in [2.45, 2.75) is 19.8 Å². The first-order chi connectivity index (χ1) is 9.92. The standard InChI is InChI=1S/C12H13N3O5S/c1-6-10(11(19)20-2)21-12(13-6)14-7(16)5-15-8(17)3-4-9(15)18/h3-5H2,1-2H3,(H,13,14,16). The van der Waals surface area contributed by atoms with E-state index in [0.29, 0.717) is 10.6 Å². The molecule has 1 aromatic rings. The van der Waals surface area contributed by atoms with Gasteiger partial charge in [0.15, 0.2) is 5.13 Å². The molecule has 0 aliphatic carbocycles. The first kappa shape index (κ1) is 15.1. The first-order valence-electron chi connectivity index (χ1n) is 6.11. The molecule has 1 aliphatic heterocycles. The van der Waals surface area contributed by atoms with Crippen molar-refractivity contribution in [1.82, 2.24) is 9.88 Å². The molecule has 1 saturated heterocycles. The average molecular weight is 311 g/mol. The number of carbonyl (C=O) groups is 4. The zero-order chi connectivity index (χ0) is 15.6. The van der Waals surface area contributed by atoms with Gasteiger partial charge < -0.3 is 10.1 Å². The Labute approximate surface area is 124 Å². The summed E-state index contributed by atoms with van der Waals surface area (Å²) in [6.45, 7) is 1.27. The Balaban J connectivity index is 2.01. The van der Waals surface area contributed by atoms with E-state index in [-0.39, 0.29) is 36.3 Å². The monoisotopic (exact) mass is 311 g/mol. The average Bonchev–Trinajstić information content (AvgIpc) is 2.95. The number of hydrogen-bond acceptors (Lipinski definition) is 7. The van der Waals surface area contributed by atoms with Crippen LogP contribution in [0.15, 0.2) is 0 Å². The van der Waals surface area contributed by atoms with Crippen LogP contribution in [0.4, 0.5) is 5.13 Å². The van der Waals surface area contributed by atoms with Crippen LogP contribution in [0.3, 0.4) is 0 Å². The van der Waals surface area contributed by atoms with Crippen molar-refractivity contribution < 1.29 is 23.9 Å². The molecule has 9 heteroatoms. The molecule has 0 bridgehead atoms. The van der Waals surface area contributed by atoms with E-state index in [9.17, 15) is 19.2 Å². The van der Waals surface area contributed by atoms with Gasteiger partial charge in [0.05, 0.1) is 12.8 Å². The van der Waals surface area contributed by atoms with Crippen LogP contribution in [0.1, 0.15) is 28.2 Å². The van der Waals surface area contributed by atoms with Crippen molar-refractivity contribution in [2.75, 3.05) is 19.0 Å². The lowest BCUT2D eigenvalue weighted by Gasteiger charge is -2.12. The zero-order valence-corrected chi connectivity index (χ0v) is 12.3. The van der Waals surface area contributed by atoms with Crippen LogP contribution in [-0.2, 0) is 19.1 Å². The van der Waals surface area contributed by atoms with Gasteiger partial charge >= 0.3 is 5.97 Å². The normalized spacial score (nSPS) is 14.5. The number of anilines is 1. The predicted molar refractivity (Wildman–Crippen MR) is 72.8 cm³/mol. The summed E-state index contributed by atoms with van der Waals surface area (Å²) in [6, 6.07) is 0. The van der Waals surface area contributed by atoms with Crippen molar-refractivity contribution in [2.24, 2.45) is 0 Å². The molecule has 1 N–H and O–H groups in total. The number of nitrogens with one attached hydrogen (secondary N) is 1. The molecule has 0 atom stereocenters. The molecular weight excluding hydrogens is 298 g/mol. The van der Waals surface area contributed by atoms with Gasteiger partial charge in [-0.2, -0.15) is 0 Å². The molecular formula is C12H13N3O5S. The van der Waals surface area contributed by atoms with Gasteiger partial charge in [-0.25, -0.2) is 9.78 Å². The molecule has 0 saturated carbocycles. The molecule has 21 heavy (non-hydrogen) atoms. The molecule has 8 nitrogen and oxygen atoms in total. The Morgan fingerprint density at radius 3 is 2.52 bits per heavy atom. The minimum Gasteiger partial charge on any atom is -0.465 e. The van der Waals surface area contributed by atoms with Crippen LogP contribution in [0.2, 0.25) is 0 Å². The fourth-order valence-electron chi connectivity index (χ4n) is 1.83. The quantitative estimate of drug-likeness (QED) is 0.634. The minimum atomic E-state index is -0.538. The van der Waals surface area contributed by atoms with Crippen molar-refractivity contribution in [3.8, 4) is 0 Å². The number of amides is 3. The second kappa shape index (κ2) is 6.00. The number of thiazole rings is 1. The van der Waals surface area contributed by atoms with E-state index in [0.717, 1.165) is 16.2 Å². The maximum atomic E-state index is 11.8. The van der Waals surface area contributed by atoms with Gasteiger partial charge in [-0.05, 0) is 6.92 Å². The highest BCUT2D eigenvalue weighted by atomic mass is 32.1. The van der Waals surface area contributed by atoms with Crippen molar-refractivity contribution in [3.63, 3.8) is 0 Å². The number of esters is 1. The van der Waals surface area contributed by atoms with E-state index < -0.39 is 11.9 Å². The fourth-order valence-corrected chi connectivity index (χ4v) is 2.73. The molecule has 0 spiro atoms. The van der Waals surface area contributed by atoms with Gasteiger partial charge in [0, 0.05) is 12.8 Å². The van der Waals surface area contributed by atoms with E-state index in [4.69, 9.17) is 0 Å². The predicted octanol–water partition coefficient (Wildman–Crippen LogP) is 0.326. The Kier molecular flexibility index (Phi) is 4.32. The van der Waals surface area contributed by atoms with Crippen LogP contribution in [-0.4, -0.2) is 47.2 Å². The van der Waals surface area contributed by atoms with Crippen LogP contribution < -0.4 is 5.32 Å². The summed E-state index contributed by atoms with van der Waals surface area (Å²) in [5.74, 6) is -1.79. The summed E-state index contributed by atoms with van der Waals surface area (Å²) < 4.78 is 4.59. The molecule has 0 radical (unpaired) electrons. The van der Waals surface area contributed by atoms with Crippen molar-refractivity contribution in [1.29, 1.82) is 0 Å². The third-order valence-corrected chi connectivity index (χ3v) is 3.92. The number of carbonyl (C=O) groups excluding carboxylic acids is 4. The van der Waals surface area contributed by atoms with E-state index in [1.165, 1.54) is 7.11 Å². The molecule has 2 rings (SSSR count). The van der Waals surface area contributed by atoms with Crippen molar-refractivity contribution >= 4 is 40.2 Å². The molecule has 112 valence electrons. The van der Waals surface area contributed by atoms with E-state index >= 15 is 0 Å². The number of rotatable bonds is 4. The summed E-state index contributed by atoms with van der Waals surface area (Å²) in [4.78, 5) is 51.3. The Hall–Kier alpha value is -2.29. The second-order valence-electron chi connectivity index (χ2n) is 4.35.